The van der Waals surface area contributed by atoms with Crippen LogP contribution in [0.2, 0.25) is 0 Å². The maximum Gasteiger partial charge on any atom is 0.227 e. The fourth-order valence-corrected chi connectivity index (χ4v) is 4.72. The lowest BCUT2D eigenvalue weighted by Gasteiger charge is -2.19. The van der Waals surface area contributed by atoms with E-state index in [0.29, 0.717) is 31.8 Å². The number of imidazole rings is 1. The molecule has 0 saturated carbocycles. The molecule has 5 nitrogen and oxygen atoms in total. The number of carbonyl (C=O) groups is 1. The number of aromatic nitrogens is 2. The first-order valence-corrected chi connectivity index (χ1v) is 12.0. The van der Waals surface area contributed by atoms with Crippen LogP contribution in [0.25, 0.3) is 11.0 Å². The first-order valence-electron chi connectivity index (χ1n) is 12.0. The van der Waals surface area contributed by atoms with Gasteiger partial charge in [0.25, 0.3) is 0 Å². The van der Waals surface area contributed by atoms with Gasteiger partial charge in [-0.3, -0.25) is 4.79 Å². The second-order valence-electron chi connectivity index (χ2n) is 10.1. The molecule has 1 fully saturated rings. The quantitative estimate of drug-likeness (QED) is 0.343. The third-order valence-electron chi connectivity index (χ3n) is 6.60. The number of fused-ring (bicyclic) bond motifs is 1. The highest BCUT2D eigenvalue weighted by Gasteiger charge is 2.35. The number of benzene rings is 3. The molecule has 1 aromatic heterocycles. The van der Waals surface area contributed by atoms with Gasteiger partial charge in [-0.05, 0) is 53.4 Å². The summed E-state index contributed by atoms with van der Waals surface area (Å²) in [4.78, 5) is 19.4. The predicted octanol–water partition coefficient (Wildman–Crippen LogP) is 6.07. The molecule has 0 N–H and O–H groups in total. The van der Waals surface area contributed by atoms with Crippen molar-refractivity contribution in [2.75, 3.05) is 18.1 Å². The van der Waals surface area contributed by atoms with Crippen molar-refractivity contribution >= 4 is 22.6 Å². The first-order chi connectivity index (χ1) is 16.8. The highest BCUT2D eigenvalue weighted by atomic mass is 19.1. The summed E-state index contributed by atoms with van der Waals surface area (Å²) in [6.07, 6.45) is 0.342. The molecule has 4 aromatic rings. The summed E-state index contributed by atoms with van der Waals surface area (Å²) >= 11 is 0. The van der Waals surface area contributed by atoms with E-state index in [9.17, 15) is 9.18 Å². The molecule has 3 aromatic carbocycles. The van der Waals surface area contributed by atoms with E-state index in [1.807, 2.05) is 36.4 Å². The minimum Gasteiger partial charge on any atom is -0.492 e. The van der Waals surface area contributed by atoms with Gasteiger partial charge in [0.15, 0.2) is 0 Å². The van der Waals surface area contributed by atoms with Gasteiger partial charge < -0.3 is 14.2 Å². The molecule has 180 valence electrons. The van der Waals surface area contributed by atoms with E-state index in [1.54, 1.807) is 17.0 Å². The Morgan fingerprint density at radius 1 is 1.03 bits per heavy atom. The van der Waals surface area contributed by atoms with Crippen LogP contribution in [0.5, 0.6) is 5.75 Å². The Morgan fingerprint density at radius 2 is 1.80 bits per heavy atom. The number of rotatable bonds is 6. The lowest BCUT2D eigenvalue weighted by molar-refractivity contribution is -0.117. The predicted molar refractivity (Wildman–Crippen MR) is 136 cm³/mol. The van der Waals surface area contributed by atoms with Crippen LogP contribution in [0.4, 0.5) is 10.1 Å². The largest absolute Gasteiger partial charge is 0.492 e. The maximum absolute atomic E-state index is 13.8. The molecule has 1 atom stereocenters. The minimum absolute atomic E-state index is 0.0191. The van der Waals surface area contributed by atoms with E-state index in [-0.39, 0.29) is 23.1 Å². The summed E-state index contributed by atoms with van der Waals surface area (Å²) in [5, 5.41) is 0. The van der Waals surface area contributed by atoms with E-state index in [4.69, 9.17) is 9.72 Å². The average molecular weight is 472 g/mol. The van der Waals surface area contributed by atoms with Gasteiger partial charge in [-0.1, -0.05) is 51.1 Å². The lowest BCUT2D eigenvalue weighted by Crippen LogP contribution is -2.24. The van der Waals surface area contributed by atoms with Crippen molar-refractivity contribution in [3.05, 3.63) is 90.0 Å². The summed E-state index contributed by atoms with van der Waals surface area (Å²) in [7, 11) is 0. The zero-order chi connectivity index (χ0) is 24.6. The number of hydrogen-bond acceptors (Lipinski definition) is 3. The van der Waals surface area contributed by atoms with Crippen LogP contribution in [-0.4, -0.2) is 28.6 Å². The van der Waals surface area contributed by atoms with Crippen molar-refractivity contribution in [3.63, 3.8) is 0 Å². The van der Waals surface area contributed by atoms with E-state index >= 15 is 0 Å². The molecule has 1 unspecified atom stereocenters. The Balaban J connectivity index is 1.36. The fourth-order valence-electron chi connectivity index (χ4n) is 4.72. The second kappa shape index (κ2) is 9.17. The van der Waals surface area contributed by atoms with Crippen molar-refractivity contribution in [3.8, 4) is 5.75 Å². The van der Waals surface area contributed by atoms with Crippen LogP contribution < -0.4 is 9.64 Å². The van der Waals surface area contributed by atoms with Gasteiger partial charge in [0.1, 0.15) is 24.0 Å². The highest BCUT2D eigenvalue weighted by Crippen LogP contribution is 2.33. The second-order valence-corrected chi connectivity index (χ2v) is 10.1. The van der Waals surface area contributed by atoms with E-state index in [1.165, 1.54) is 17.7 Å². The average Bonchev–Trinajstić information content (AvgIpc) is 3.39. The number of para-hydroxylation sites is 2. The molecule has 2 heterocycles. The number of hydrogen-bond donors (Lipinski definition) is 0. The van der Waals surface area contributed by atoms with Crippen LogP contribution in [0.1, 0.15) is 44.5 Å². The summed E-state index contributed by atoms with van der Waals surface area (Å²) in [5.41, 5.74) is 3.87. The Hall–Kier alpha value is -3.67. The SMILES string of the molecule is CC(C)(C)c1ccc(OCCn2c(C3CC(=O)N(c4cccc(F)c4)C3)nc3ccccc32)cc1. The van der Waals surface area contributed by atoms with Gasteiger partial charge in [0.05, 0.1) is 17.6 Å². The summed E-state index contributed by atoms with van der Waals surface area (Å²) in [6.45, 7) is 8.14. The third kappa shape index (κ3) is 4.78. The van der Waals surface area contributed by atoms with Crippen LogP contribution in [0.3, 0.4) is 0 Å². The third-order valence-corrected chi connectivity index (χ3v) is 6.60. The monoisotopic (exact) mass is 471 g/mol. The zero-order valence-corrected chi connectivity index (χ0v) is 20.4. The van der Waals surface area contributed by atoms with Crippen molar-refractivity contribution in [1.82, 2.24) is 9.55 Å². The molecule has 35 heavy (non-hydrogen) atoms. The van der Waals surface area contributed by atoms with Gasteiger partial charge in [-0.25, -0.2) is 9.37 Å². The molecular formula is C29H30FN3O2. The number of nitrogens with zero attached hydrogens (tertiary/aromatic N) is 3. The minimum atomic E-state index is -0.348. The molecule has 0 aliphatic carbocycles. The normalized spacial score (nSPS) is 16.3. The van der Waals surface area contributed by atoms with Crippen LogP contribution in [-0.2, 0) is 16.8 Å². The Bertz CT molecular complexity index is 1350. The van der Waals surface area contributed by atoms with E-state index < -0.39 is 0 Å². The molecule has 0 radical (unpaired) electrons. The van der Waals surface area contributed by atoms with E-state index in [2.05, 4.69) is 37.5 Å². The summed E-state index contributed by atoms with van der Waals surface area (Å²) in [6, 6.07) is 22.4. The van der Waals surface area contributed by atoms with Crippen LogP contribution >= 0.6 is 0 Å². The number of anilines is 1. The molecule has 1 amide bonds. The van der Waals surface area contributed by atoms with Crippen LogP contribution in [0.15, 0.2) is 72.8 Å². The fraction of sp³-hybridized carbons (Fsp3) is 0.310. The molecule has 0 spiro atoms. The maximum atomic E-state index is 13.8. The number of carbonyl (C=O) groups excluding carboxylic acids is 1. The van der Waals surface area contributed by atoms with Gasteiger partial charge in [-0.15, -0.1) is 0 Å². The smallest absolute Gasteiger partial charge is 0.227 e. The molecular weight excluding hydrogens is 441 g/mol. The number of ether oxygens (including phenoxy) is 1. The molecule has 1 aliphatic rings. The Morgan fingerprint density at radius 3 is 2.54 bits per heavy atom. The van der Waals surface area contributed by atoms with Crippen molar-refractivity contribution in [2.45, 2.75) is 45.1 Å². The van der Waals surface area contributed by atoms with Crippen molar-refractivity contribution < 1.29 is 13.9 Å². The number of halogens is 1. The van der Waals surface area contributed by atoms with Gasteiger partial charge in [0.2, 0.25) is 5.91 Å². The van der Waals surface area contributed by atoms with Gasteiger partial charge in [-0.2, -0.15) is 0 Å². The standard InChI is InChI=1S/C29H30FN3O2/c1-29(2,3)21-11-13-24(14-12-21)35-16-15-32-26-10-5-4-9-25(26)31-28(32)20-17-27(34)33(19-20)23-8-6-7-22(30)18-23/h4-14,18,20H,15-17,19H2,1-3H3. The molecule has 6 heteroatoms. The topological polar surface area (TPSA) is 47.4 Å². The van der Waals surface area contributed by atoms with Gasteiger partial charge >= 0.3 is 0 Å². The van der Waals surface area contributed by atoms with Crippen LogP contribution in [0, 0.1) is 5.82 Å². The van der Waals surface area contributed by atoms with Crippen molar-refractivity contribution in [2.24, 2.45) is 0 Å². The molecule has 0 bridgehead atoms. The molecule has 1 aliphatic heterocycles. The Labute approximate surface area is 205 Å². The molecule has 5 rings (SSSR count). The highest BCUT2D eigenvalue weighted by molar-refractivity contribution is 5.96. The summed E-state index contributed by atoms with van der Waals surface area (Å²) < 4.78 is 22.0. The van der Waals surface area contributed by atoms with Gasteiger partial charge in [0, 0.05) is 24.6 Å². The Kier molecular flexibility index (Phi) is 6.05. The van der Waals surface area contributed by atoms with Crippen molar-refractivity contribution in [1.29, 1.82) is 0 Å². The summed E-state index contributed by atoms with van der Waals surface area (Å²) in [5.74, 6) is 1.25. The lowest BCUT2D eigenvalue weighted by atomic mass is 9.87. The molecule has 1 saturated heterocycles. The zero-order valence-electron chi connectivity index (χ0n) is 20.4. The first kappa shape index (κ1) is 23.1. The van der Waals surface area contributed by atoms with E-state index in [0.717, 1.165) is 22.6 Å². The number of amides is 1.